The molecule has 0 radical (unpaired) electrons. The summed E-state index contributed by atoms with van der Waals surface area (Å²) < 4.78 is 1.51. The maximum absolute atomic E-state index is 12.1. The molecular weight excluding hydrogens is 216 g/mol. The van der Waals surface area contributed by atoms with Gasteiger partial charge in [0.1, 0.15) is 0 Å². The molecule has 1 aromatic carbocycles. The largest absolute Gasteiger partial charge is 0.396 e. The minimum absolute atomic E-state index is 0.0121. The molecule has 0 spiro atoms. The molecule has 0 unspecified atom stereocenters. The van der Waals surface area contributed by atoms with Gasteiger partial charge in [-0.25, -0.2) is 4.68 Å². The molecule has 2 N–H and O–H groups in total. The van der Waals surface area contributed by atoms with Crippen molar-refractivity contribution in [2.24, 2.45) is 0 Å². The van der Waals surface area contributed by atoms with E-state index in [1.165, 1.54) is 4.68 Å². The summed E-state index contributed by atoms with van der Waals surface area (Å²) in [5.41, 5.74) is 3.34. The van der Waals surface area contributed by atoms with E-state index in [2.05, 4.69) is 5.10 Å². The molecule has 0 saturated heterocycles. The molecule has 2 rings (SSSR count). The fourth-order valence-corrected chi connectivity index (χ4v) is 1.86. The number of aliphatic hydroxyl groups excluding tert-OH is 1. The van der Waals surface area contributed by atoms with Crippen LogP contribution in [0.5, 0.6) is 0 Å². The van der Waals surface area contributed by atoms with Gasteiger partial charge in [-0.2, -0.15) is 0 Å². The number of rotatable bonds is 3. The monoisotopic (exact) mass is 232 g/mol. The van der Waals surface area contributed by atoms with Gasteiger partial charge in [-0.15, -0.1) is 0 Å². The maximum atomic E-state index is 12.1. The summed E-state index contributed by atoms with van der Waals surface area (Å²) in [6.07, 6.45) is 0.389. The quantitative estimate of drug-likeness (QED) is 0.838. The zero-order valence-electron chi connectivity index (χ0n) is 10.0. The highest BCUT2D eigenvalue weighted by atomic mass is 16.3. The van der Waals surface area contributed by atoms with Gasteiger partial charge < -0.3 is 5.11 Å². The molecule has 17 heavy (non-hydrogen) atoms. The molecular formula is C13H16N2O2. The number of hydrogen-bond donors (Lipinski definition) is 2. The average Bonchev–Trinajstić information content (AvgIpc) is 2.59. The second kappa shape index (κ2) is 4.59. The third kappa shape index (κ3) is 2.17. The van der Waals surface area contributed by atoms with E-state index in [1.54, 1.807) is 0 Å². The SMILES string of the molecule is Cc1ccc(-n2[nH]c(C)c(CCO)c2=O)cc1. The van der Waals surface area contributed by atoms with Crippen LogP contribution in [0, 0.1) is 13.8 Å². The number of nitrogens with zero attached hydrogens (tertiary/aromatic N) is 1. The van der Waals surface area contributed by atoms with Crippen molar-refractivity contribution in [1.29, 1.82) is 0 Å². The summed E-state index contributed by atoms with van der Waals surface area (Å²) in [7, 11) is 0. The predicted octanol–water partition coefficient (Wildman–Crippen LogP) is 1.32. The molecule has 0 aliphatic carbocycles. The molecule has 0 fully saturated rings. The van der Waals surface area contributed by atoms with E-state index in [-0.39, 0.29) is 12.2 Å². The first-order valence-corrected chi connectivity index (χ1v) is 5.62. The highest BCUT2D eigenvalue weighted by Crippen LogP contribution is 2.08. The van der Waals surface area contributed by atoms with Crippen LogP contribution in [-0.4, -0.2) is 21.5 Å². The third-order valence-electron chi connectivity index (χ3n) is 2.85. The second-order valence-corrected chi connectivity index (χ2v) is 4.17. The lowest BCUT2D eigenvalue weighted by Gasteiger charge is -2.01. The van der Waals surface area contributed by atoms with Crippen molar-refractivity contribution in [1.82, 2.24) is 9.78 Å². The van der Waals surface area contributed by atoms with Crippen molar-refractivity contribution in [3.05, 3.63) is 51.4 Å². The maximum Gasteiger partial charge on any atom is 0.274 e. The Kier molecular flexibility index (Phi) is 3.15. The minimum Gasteiger partial charge on any atom is -0.396 e. The Morgan fingerprint density at radius 3 is 2.47 bits per heavy atom. The van der Waals surface area contributed by atoms with E-state index in [9.17, 15) is 4.79 Å². The molecule has 0 amide bonds. The van der Waals surface area contributed by atoms with Gasteiger partial charge in [-0.1, -0.05) is 17.7 Å². The highest BCUT2D eigenvalue weighted by molar-refractivity contribution is 5.35. The van der Waals surface area contributed by atoms with Crippen molar-refractivity contribution in [3.8, 4) is 5.69 Å². The Hall–Kier alpha value is -1.81. The van der Waals surface area contributed by atoms with E-state index in [1.807, 2.05) is 38.1 Å². The van der Waals surface area contributed by atoms with Crippen molar-refractivity contribution in [3.63, 3.8) is 0 Å². The first-order valence-electron chi connectivity index (χ1n) is 5.62. The van der Waals surface area contributed by atoms with E-state index < -0.39 is 0 Å². The summed E-state index contributed by atoms with van der Waals surface area (Å²) in [6, 6.07) is 7.72. The molecule has 0 atom stereocenters. The zero-order chi connectivity index (χ0) is 12.4. The average molecular weight is 232 g/mol. The Labute approximate surface area is 99.5 Å². The number of H-pyrrole nitrogens is 1. The third-order valence-corrected chi connectivity index (χ3v) is 2.85. The number of hydrogen-bond acceptors (Lipinski definition) is 2. The Balaban J connectivity index is 2.50. The molecule has 1 aromatic heterocycles. The van der Waals surface area contributed by atoms with Gasteiger partial charge in [0.25, 0.3) is 5.56 Å². The van der Waals surface area contributed by atoms with Crippen LogP contribution in [0.1, 0.15) is 16.8 Å². The lowest BCUT2D eigenvalue weighted by atomic mass is 10.2. The summed E-state index contributed by atoms with van der Waals surface area (Å²) in [5.74, 6) is 0. The molecule has 0 bridgehead atoms. The van der Waals surface area contributed by atoms with Gasteiger partial charge >= 0.3 is 0 Å². The molecule has 1 heterocycles. The number of aromatic nitrogens is 2. The van der Waals surface area contributed by atoms with E-state index in [0.29, 0.717) is 12.0 Å². The van der Waals surface area contributed by atoms with Crippen LogP contribution >= 0.6 is 0 Å². The van der Waals surface area contributed by atoms with Crippen molar-refractivity contribution in [2.45, 2.75) is 20.3 Å². The van der Waals surface area contributed by atoms with Crippen LogP contribution in [0.15, 0.2) is 29.1 Å². The van der Waals surface area contributed by atoms with Gasteiger partial charge in [0.05, 0.1) is 5.69 Å². The molecule has 0 aliphatic heterocycles. The fourth-order valence-electron chi connectivity index (χ4n) is 1.86. The number of nitrogens with one attached hydrogen (secondary N) is 1. The van der Waals surface area contributed by atoms with E-state index >= 15 is 0 Å². The van der Waals surface area contributed by atoms with E-state index in [4.69, 9.17) is 5.11 Å². The smallest absolute Gasteiger partial charge is 0.274 e. The summed E-state index contributed by atoms with van der Waals surface area (Å²) in [6.45, 7) is 3.84. The molecule has 2 aromatic rings. The molecule has 4 heteroatoms. The van der Waals surface area contributed by atoms with Gasteiger partial charge in [0.15, 0.2) is 0 Å². The highest BCUT2D eigenvalue weighted by Gasteiger charge is 2.11. The molecule has 4 nitrogen and oxygen atoms in total. The van der Waals surface area contributed by atoms with Gasteiger partial charge in [-0.05, 0) is 26.0 Å². The van der Waals surface area contributed by atoms with Crippen LogP contribution < -0.4 is 5.56 Å². The van der Waals surface area contributed by atoms with Crippen LogP contribution in [0.25, 0.3) is 5.69 Å². The lowest BCUT2D eigenvalue weighted by molar-refractivity contribution is 0.299. The molecule has 90 valence electrons. The van der Waals surface area contributed by atoms with Crippen LogP contribution in [0.3, 0.4) is 0 Å². The van der Waals surface area contributed by atoms with Crippen LogP contribution in [0.4, 0.5) is 0 Å². The number of aromatic amines is 1. The standard InChI is InChI=1S/C13H16N2O2/c1-9-3-5-11(6-4-9)15-13(17)12(7-8-16)10(2)14-15/h3-6,14,16H,7-8H2,1-2H3. The zero-order valence-corrected chi connectivity index (χ0v) is 10.0. The van der Waals surface area contributed by atoms with Gasteiger partial charge in [0, 0.05) is 24.3 Å². The Morgan fingerprint density at radius 1 is 1.24 bits per heavy atom. The lowest BCUT2D eigenvalue weighted by Crippen LogP contribution is -2.18. The summed E-state index contributed by atoms with van der Waals surface area (Å²) in [4.78, 5) is 12.1. The number of aryl methyl sites for hydroxylation is 2. The summed E-state index contributed by atoms with van der Waals surface area (Å²) in [5, 5.41) is 11.9. The first kappa shape index (κ1) is 11.7. The van der Waals surface area contributed by atoms with Crippen LogP contribution in [-0.2, 0) is 6.42 Å². The molecule has 0 aliphatic rings. The number of aliphatic hydroxyl groups is 1. The topological polar surface area (TPSA) is 58.0 Å². The molecule has 0 saturated carbocycles. The predicted molar refractivity (Wildman–Crippen MR) is 66.7 cm³/mol. The Morgan fingerprint density at radius 2 is 1.88 bits per heavy atom. The van der Waals surface area contributed by atoms with E-state index in [0.717, 1.165) is 16.9 Å². The van der Waals surface area contributed by atoms with Crippen LogP contribution in [0.2, 0.25) is 0 Å². The van der Waals surface area contributed by atoms with Crippen molar-refractivity contribution < 1.29 is 5.11 Å². The normalized spacial score (nSPS) is 10.8. The van der Waals surface area contributed by atoms with Gasteiger partial charge in [0.2, 0.25) is 0 Å². The van der Waals surface area contributed by atoms with Crippen molar-refractivity contribution in [2.75, 3.05) is 6.61 Å². The summed E-state index contributed by atoms with van der Waals surface area (Å²) >= 11 is 0. The van der Waals surface area contributed by atoms with Crippen molar-refractivity contribution >= 4 is 0 Å². The Bertz CT molecular complexity index is 564. The minimum atomic E-state index is -0.0830. The fraction of sp³-hybridized carbons (Fsp3) is 0.308. The number of benzene rings is 1. The second-order valence-electron chi connectivity index (χ2n) is 4.17. The van der Waals surface area contributed by atoms with Gasteiger partial charge in [-0.3, -0.25) is 9.89 Å². The first-order chi connectivity index (χ1) is 8.13.